The Morgan fingerprint density at radius 1 is 0.941 bits per heavy atom. The zero-order valence-corrected chi connectivity index (χ0v) is 11.7. The van der Waals surface area contributed by atoms with Crippen molar-refractivity contribution in [1.29, 1.82) is 0 Å². The lowest BCUT2D eigenvalue weighted by atomic mass is 9.91. The Kier molecular flexibility index (Phi) is 8.72. The van der Waals surface area contributed by atoms with Gasteiger partial charge in [0.05, 0.1) is 0 Å². The third kappa shape index (κ3) is 7.05. The SMILES string of the molecule is CCCCCCCCCNC1CCCCC1N. The maximum absolute atomic E-state index is 6.11. The highest BCUT2D eigenvalue weighted by Gasteiger charge is 2.20. The Morgan fingerprint density at radius 2 is 1.59 bits per heavy atom. The van der Waals surface area contributed by atoms with Crippen LogP contribution in [0.4, 0.5) is 0 Å². The molecule has 1 rings (SSSR count). The molecule has 0 aliphatic heterocycles. The van der Waals surface area contributed by atoms with E-state index < -0.39 is 0 Å². The van der Waals surface area contributed by atoms with Crippen molar-refractivity contribution in [2.45, 2.75) is 89.6 Å². The first-order valence-corrected chi connectivity index (χ1v) is 7.83. The lowest BCUT2D eigenvalue weighted by molar-refractivity contribution is 0.325. The predicted molar refractivity (Wildman–Crippen MR) is 76.2 cm³/mol. The standard InChI is InChI=1S/C15H32N2/c1-2-3-4-5-6-7-10-13-17-15-12-9-8-11-14(15)16/h14-15,17H,2-13,16H2,1H3. The molecule has 0 spiro atoms. The average molecular weight is 240 g/mol. The van der Waals surface area contributed by atoms with E-state index in [1.165, 1.54) is 77.2 Å². The summed E-state index contributed by atoms with van der Waals surface area (Å²) in [5, 5.41) is 3.65. The first kappa shape index (κ1) is 15.0. The van der Waals surface area contributed by atoms with Gasteiger partial charge in [-0.2, -0.15) is 0 Å². The monoisotopic (exact) mass is 240 g/mol. The molecule has 0 aromatic carbocycles. The van der Waals surface area contributed by atoms with E-state index >= 15 is 0 Å². The van der Waals surface area contributed by atoms with E-state index in [9.17, 15) is 0 Å². The smallest absolute Gasteiger partial charge is 0.0219 e. The van der Waals surface area contributed by atoms with Gasteiger partial charge < -0.3 is 11.1 Å². The van der Waals surface area contributed by atoms with Crippen molar-refractivity contribution in [1.82, 2.24) is 5.32 Å². The largest absolute Gasteiger partial charge is 0.326 e. The molecule has 0 heterocycles. The minimum atomic E-state index is 0.410. The van der Waals surface area contributed by atoms with Crippen molar-refractivity contribution in [3.05, 3.63) is 0 Å². The van der Waals surface area contributed by atoms with Crippen LogP contribution in [-0.2, 0) is 0 Å². The summed E-state index contributed by atoms with van der Waals surface area (Å²) in [5.74, 6) is 0. The average Bonchev–Trinajstić information content (AvgIpc) is 2.35. The maximum Gasteiger partial charge on any atom is 0.0219 e. The fourth-order valence-corrected chi connectivity index (χ4v) is 2.78. The molecule has 0 aromatic heterocycles. The Labute approximate surface area is 108 Å². The molecular weight excluding hydrogens is 208 g/mol. The van der Waals surface area contributed by atoms with Crippen LogP contribution in [0.5, 0.6) is 0 Å². The number of nitrogens with one attached hydrogen (secondary N) is 1. The molecule has 0 bridgehead atoms. The molecule has 2 nitrogen and oxygen atoms in total. The molecule has 17 heavy (non-hydrogen) atoms. The molecule has 0 radical (unpaired) electrons. The fraction of sp³-hybridized carbons (Fsp3) is 1.00. The van der Waals surface area contributed by atoms with Gasteiger partial charge in [-0.1, -0.05) is 58.3 Å². The second-order valence-electron chi connectivity index (χ2n) is 5.63. The Bertz CT molecular complexity index is 170. The van der Waals surface area contributed by atoms with E-state index in [1.807, 2.05) is 0 Å². The topological polar surface area (TPSA) is 38.0 Å². The van der Waals surface area contributed by atoms with E-state index in [2.05, 4.69) is 12.2 Å². The van der Waals surface area contributed by atoms with Gasteiger partial charge in [0.15, 0.2) is 0 Å². The van der Waals surface area contributed by atoms with E-state index in [0.717, 1.165) is 0 Å². The number of hydrogen-bond acceptors (Lipinski definition) is 2. The minimum absolute atomic E-state index is 0.410. The van der Waals surface area contributed by atoms with Gasteiger partial charge in [-0.3, -0.25) is 0 Å². The van der Waals surface area contributed by atoms with Gasteiger partial charge in [0.2, 0.25) is 0 Å². The minimum Gasteiger partial charge on any atom is -0.326 e. The molecule has 1 saturated carbocycles. The van der Waals surface area contributed by atoms with Crippen LogP contribution in [0, 0.1) is 0 Å². The van der Waals surface area contributed by atoms with Crippen molar-refractivity contribution in [3.63, 3.8) is 0 Å². The van der Waals surface area contributed by atoms with Crippen molar-refractivity contribution in [2.24, 2.45) is 5.73 Å². The van der Waals surface area contributed by atoms with Gasteiger partial charge in [0, 0.05) is 12.1 Å². The molecule has 0 saturated heterocycles. The highest BCUT2D eigenvalue weighted by Crippen LogP contribution is 2.16. The van der Waals surface area contributed by atoms with E-state index in [1.54, 1.807) is 0 Å². The molecule has 2 atom stereocenters. The van der Waals surface area contributed by atoms with E-state index in [0.29, 0.717) is 12.1 Å². The van der Waals surface area contributed by atoms with Gasteiger partial charge >= 0.3 is 0 Å². The summed E-state index contributed by atoms with van der Waals surface area (Å²) >= 11 is 0. The third-order valence-electron chi connectivity index (χ3n) is 4.01. The number of hydrogen-bond donors (Lipinski definition) is 2. The zero-order chi connectivity index (χ0) is 12.3. The Hall–Kier alpha value is -0.0800. The van der Waals surface area contributed by atoms with Crippen LogP contribution in [-0.4, -0.2) is 18.6 Å². The van der Waals surface area contributed by atoms with Crippen LogP contribution in [0.3, 0.4) is 0 Å². The highest BCUT2D eigenvalue weighted by atomic mass is 14.9. The van der Waals surface area contributed by atoms with Crippen molar-refractivity contribution >= 4 is 0 Å². The van der Waals surface area contributed by atoms with Gasteiger partial charge in [-0.25, -0.2) is 0 Å². The van der Waals surface area contributed by atoms with Crippen LogP contribution < -0.4 is 11.1 Å². The Morgan fingerprint density at radius 3 is 2.29 bits per heavy atom. The molecule has 0 aromatic rings. The maximum atomic E-state index is 6.11. The Balaban J connectivity index is 1.86. The zero-order valence-electron chi connectivity index (χ0n) is 11.7. The lowest BCUT2D eigenvalue weighted by Gasteiger charge is -2.29. The van der Waals surface area contributed by atoms with Gasteiger partial charge in [0.1, 0.15) is 0 Å². The number of rotatable bonds is 9. The number of nitrogens with two attached hydrogens (primary N) is 1. The predicted octanol–water partition coefficient (Wildman–Crippen LogP) is 3.60. The van der Waals surface area contributed by atoms with Crippen molar-refractivity contribution < 1.29 is 0 Å². The molecule has 1 aliphatic rings. The van der Waals surface area contributed by atoms with Crippen molar-refractivity contribution in [2.75, 3.05) is 6.54 Å². The quantitative estimate of drug-likeness (QED) is 0.604. The van der Waals surface area contributed by atoms with Gasteiger partial charge in [-0.05, 0) is 25.8 Å². The summed E-state index contributed by atoms with van der Waals surface area (Å²) in [6, 6.07) is 1.01. The van der Waals surface area contributed by atoms with Crippen LogP contribution >= 0.6 is 0 Å². The summed E-state index contributed by atoms with van der Waals surface area (Å²) in [7, 11) is 0. The summed E-state index contributed by atoms with van der Waals surface area (Å²) in [4.78, 5) is 0. The molecule has 0 amide bonds. The third-order valence-corrected chi connectivity index (χ3v) is 4.01. The molecule has 1 aliphatic carbocycles. The summed E-state index contributed by atoms with van der Waals surface area (Å²) < 4.78 is 0. The van der Waals surface area contributed by atoms with Gasteiger partial charge in [-0.15, -0.1) is 0 Å². The fourth-order valence-electron chi connectivity index (χ4n) is 2.78. The molecule has 2 unspecified atom stereocenters. The van der Waals surface area contributed by atoms with Crippen LogP contribution in [0.15, 0.2) is 0 Å². The normalized spacial score (nSPS) is 25.1. The summed E-state index contributed by atoms with van der Waals surface area (Å²) in [6.45, 7) is 3.45. The van der Waals surface area contributed by atoms with Gasteiger partial charge in [0.25, 0.3) is 0 Å². The second-order valence-corrected chi connectivity index (χ2v) is 5.63. The highest BCUT2D eigenvalue weighted by molar-refractivity contribution is 4.83. The molecule has 102 valence electrons. The molecule has 3 N–H and O–H groups in total. The first-order chi connectivity index (χ1) is 8.34. The second kappa shape index (κ2) is 9.90. The molecule has 1 fully saturated rings. The first-order valence-electron chi connectivity index (χ1n) is 7.83. The van der Waals surface area contributed by atoms with Crippen molar-refractivity contribution in [3.8, 4) is 0 Å². The summed E-state index contributed by atoms with van der Waals surface area (Å²) in [6.07, 6.45) is 14.9. The number of unbranched alkanes of at least 4 members (excludes halogenated alkanes) is 6. The van der Waals surface area contributed by atoms with E-state index in [4.69, 9.17) is 5.73 Å². The van der Waals surface area contributed by atoms with E-state index in [-0.39, 0.29) is 0 Å². The molecular formula is C15H32N2. The summed E-state index contributed by atoms with van der Waals surface area (Å²) in [5.41, 5.74) is 6.11. The lowest BCUT2D eigenvalue weighted by Crippen LogP contribution is -2.47. The van der Waals surface area contributed by atoms with Crippen LogP contribution in [0.2, 0.25) is 0 Å². The van der Waals surface area contributed by atoms with Crippen LogP contribution in [0.1, 0.15) is 77.6 Å². The molecule has 2 heteroatoms. The van der Waals surface area contributed by atoms with Crippen LogP contribution in [0.25, 0.3) is 0 Å².